The number of amides is 1. The summed E-state index contributed by atoms with van der Waals surface area (Å²) in [6.45, 7) is 2.61. The van der Waals surface area contributed by atoms with Gasteiger partial charge in [0.2, 0.25) is 5.91 Å². The van der Waals surface area contributed by atoms with E-state index in [1.165, 1.54) is 0 Å². The molecule has 2 rings (SSSR count). The normalized spacial score (nSPS) is 17.8. The average molecular weight is 335 g/mol. The van der Waals surface area contributed by atoms with Crippen molar-refractivity contribution >= 4 is 23.3 Å². The highest BCUT2D eigenvalue weighted by Gasteiger charge is 2.34. The Balaban J connectivity index is 1.95. The van der Waals surface area contributed by atoms with E-state index in [1.807, 2.05) is 0 Å². The van der Waals surface area contributed by atoms with Gasteiger partial charge < -0.3 is 10.1 Å². The Bertz CT molecular complexity index is 616. The molecule has 1 aliphatic heterocycles. The van der Waals surface area contributed by atoms with E-state index in [0.717, 1.165) is 0 Å². The van der Waals surface area contributed by atoms with Crippen LogP contribution >= 0.6 is 11.6 Å². The zero-order valence-corrected chi connectivity index (χ0v) is 13.7. The SMILES string of the molecule is CC(CC(=O)NC1(C#N)CCOCC1)C(=O)c1ccc(Cl)cc1. The first-order chi connectivity index (χ1) is 11.0. The van der Waals surface area contributed by atoms with Gasteiger partial charge in [-0.1, -0.05) is 18.5 Å². The predicted molar refractivity (Wildman–Crippen MR) is 86.1 cm³/mol. The van der Waals surface area contributed by atoms with Crippen LogP contribution in [0.4, 0.5) is 0 Å². The van der Waals surface area contributed by atoms with Crippen molar-refractivity contribution in [3.05, 3.63) is 34.9 Å². The fraction of sp³-hybridized carbons (Fsp3) is 0.471. The van der Waals surface area contributed by atoms with E-state index >= 15 is 0 Å². The van der Waals surface area contributed by atoms with Gasteiger partial charge in [0.25, 0.3) is 0 Å². The molecule has 0 bridgehead atoms. The summed E-state index contributed by atoms with van der Waals surface area (Å²) in [7, 11) is 0. The number of carbonyl (C=O) groups is 2. The third-order valence-corrected chi connectivity index (χ3v) is 4.26. The molecule has 1 N–H and O–H groups in total. The predicted octanol–water partition coefficient (Wildman–Crippen LogP) is 2.74. The lowest BCUT2D eigenvalue weighted by Crippen LogP contribution is -2.51. The first-order valence-electron chi connectivity index (χ1n) is 7.55. The van der Waals surface area contributed by atoms with Crippen LogP contribution < -0.4 is 5.32 Å². The monoisotopic (exact) mass is 334 g/mol. The molecule has 1 heterocycles. The van der Waals surface area contributed by atoms with Crippen molar-refractivity contribution in [1.29, 1.82) is 5.26 Å². The summed E-state index contributed by atoms with van der Waals surface area (Å²) in [6.07, 6.45) is 0.981. The molecule has 0 radical (unpaired) electrons. The minimum Gasteiger partial charge on any atom is -0.381 e. The van der Waals surface area contributed by atoms with Crippen molar-refractivity contribution in [3.63, 3.8) is 0 Å². The number of ether oxygens (including phenoxy) is 1. The fourth-order valence-electron chi connectivity index (χ4n) is 2.57. The first kappa shape index (κ1) is 17.5. The van der Waals surface area contributed by atoms with Crippen LogP contribution in [-0.4, -0.2) is 30.4 Å². The van der Waals surface area contributed by atoms with E-state index in [0.29, 0.717) is 36.6 Å². The number of carbonyl (C=O) groups excluding carboxylic acids is 2. The molecule has 1 saturated heterocycles. The Labute approximate surface area is 140 Å². The zero-order chi connectivity index (χ0) is 16.9. The number of nitriles is 1. The maximum Gasteiger partial charge on any atom is 0.221 e. The number of nitrogens with zero attached hydrogens (tertiary/aromatic N) is 1. The topological polar surface area (TPSA) is 79.2 Å². The molecule has 0 aromatic heterocycles. The van der Waals surface area contributed by atoms with Gasteiger partial charge in [0.15, 0.2) is 5.78 Å². The minimum absolute atomic E-state index is 0.0474. The van der Waals surface area contributed by atoms with Gasteiger partial charge in [-0.15, -0.1) is 0 Å². The second-order valence-corrected chi connectivity index (χ2v) is 6.27. The van der Waals surface area contributed by atoms with Crippen LogP contribution in [0, 0.1) is 17.2 Å². The molecule has 1 unspecified atom stereocenters. The third-order valence-electron chi connectivity index (χ3n) is 4.01. The van der Waals surface area contributed by atoms with E-state index in [-0.39, 0.29) is 18.1 Å². The molecule has 0 aliphatic carbocycles. The second-order valence-electron chi connectivity index (χ2n) is 5.83. The number of benzene rings is 1. The summed E-state index contributed by atoms with van der Waals surface area (Å²) in [5.41, 5.74) is -0.353. The number of halogens is 1. The molecule has 0 spiro atoms. The van der Waals surface area contributed by atoms with Gasteiger partial charge in [-0.3, -0.25) is 9.59 Å². The van der Waals surface area contributed by atoms with Crippen LogP contribution in [0.15, 0.2) is 24.3 Å². The van der Waals surface area contributed by atoms with E-state index in [9.17, 15) is 14.9 Å². The molecule has 1 aromatic carbocycles. The molecular formula is C17H19ClN2O3. The Morgan fingerprint density at radius 3 is 2.52 bits per heavy atom. The summed E-state index contributed by atoms with van der Waals surface area (Å²) in [6, 6.07) is 8.77. The molecule has 122 valence electrons. The Morgan fingerprint density at radius 1 is 1.35 bits per heavy atom. The highest BCUT2D eigenvalue weighted by atomic mass is 35.5. The molecule has 1 amide bonds. The fourth-order valence-corrected chi connectivity index (χ4v) is 2.70. The van der Waals surface area contributed by atoms with Gasteiger partial charge in [-0.05, 0) is 24.3 Å². The lowest BCUT2D eigenvalue weighted by Gasteiger charge is -2.31. The number of hydrogen-bond acceptors (Lipinski definition) is 4. The van der Waals surface area contributed by atoms with Gasteiger partial charge in [0, 0.05) is 49.0 Å². The molecule has 23 heavy (non-hydrogen) atoms. The maximum absolute atomic E-state index is 12.3. The van der Waals surface area contributed by atoms with Crippen molar-refractivity contribution in [2.75, 3.05) is 13.2 Å². The average Bonchev–Trinajstić information content (AvgIpc) is 2.55. The Kier molecular flexibility index (Phi) is 5.75. The van der Waals surface area contributed by atoms with Crippen molar-refractivity contribution in [2.24, 2.45) is 5.92 Å². The molecular weight excluding hydrogens is 316 g/mol. The molecule has 1 atom stereocenters. The van der Waals surface area contributed by atoms with E-state index < -0.39 is 11.5 Å². The van der Waals surface area contributed by atoms with Crippen LogP contribution in [0.2, 0.25) is 5.02 Å². The molecule has 1 aromatic rings. The molecule has 5 nitrogen and oxygen atoms in total. The third kappa shape index (κ3) is 4.54. The largest absolute Gasteiger partial charge is 0.381 e. The highest BCUT2D eigenvalue weighted by Crippen LogP contribution is 2.21. The van der Waals surface area contributed by atoms with Crippen molar-refractivity contribution in [3.8, 4) is 6.07 Å². The van der Waals surface area contributed by atoms with Crippen molar-refractivity contribution in [1.82, 2.24) is 5.32 Å². The molecule has 1 aliphatic rings. The minimum atomic E-state index is -0.877. The number of ketones is 1. The molecule has 6 heteroatoms. The van der Waals surface area contributed by atoms with Crippen molar-refractivity contribution < 1.29 is 14.3 Å². The number of nitrogens with one attached hydrogen (secondary N) is 1. The van der Waals surface area contributed by atoms with Gasteiger partial charge in [-0.25, -0.2) is 0 Å². The van der Waals surface area contributed by atoms with Crippen LogP contribution in [0.25, 0.3) is 0 Å². The summed E-state index contributed by atoms with van der Waals surface area (Å²) in [5, 5.41) is 12.7. The number of Topliss-reactive ketones (excluding diaryl/α,β-unsaturated/α-hetero) is 1. The first-order valence-corrected chi connectivity index (χ1v) is 7.93. The van der Waals surface area contributed by atoms with Crippen LogP contribution in [0.1, 0.15) is 36.5 Å². The molecule has 1 fully saturated rings. The van der Waals surface area contributed by atoms with E-state index in [1.54, 1.807) is 31.2 Å². The van der Waals surface area contributed by atoms with Crippen LogP contribution in [-0.2, 0) is 9.53 Å². The van der Waals surface area contributed by atoms with Crippen LogP contribution in [0.5, 0.6) is 0 Å². The summed E-state index contributed by atoms with van der Waals surface area (Å²) >= 11 is 5.80. The second kappa shape index (κ2) is 7.58. The number of hydrogen-bond donors (Lipinski definition) is 1. The molecule has 0 saturated carbocycles. The standard InChI is InChI=1S/C17H19ClN2O3/c1-12(16(22)13-2-4-14(18)5-3-13)10-15(21)20-17(11-19)6-8-23-9-7-17/h2-5,12H,6-10H2,1H3,(H,20,21). The summed E-state index contributed by atoms with van der Waals surface area (Å²) < 4.78 is 5.23. The maximum atomic E-state index is 12.3. The Morgan fingerprint density at radius 2 is 1.96 bits per heavy atom. The summed E-state index contributed by atoms with van der Waals surface area (Å²) in [5.74, 6) is -0.871. The quantitative estimate of drug-likeness (QED) is 0.840. The van der Waals surface area contributed by atoms with Gasteiger partial charge in [-0.2, -0.15) is 5.26 Å². The smallest absolute Gasteiger partial charge is 0.221 e. The Hall–Kier alpha value is -1.90. The van der Waals surface area contributed by atoms with Crippen molar-refractivity contribution in [2.45, 2.75) is 31.7 Å². The van der Waals surface area contributed by atoms with Gasteiger partial charge >= 0.3 is 0 Å². The van der Waals surface area contributed by atoms with E-state index in [2.05, 4.69) is 11.4 Å². The van der Waals surface area contributed by atoms with Gasteiger partial charge in [0.1, 0.15) is 5.54 Å². The summed E-state index contributed by atoms with van der Waals surface area (Å²) in [4.78, 5) is 24.5. The van der Waals surface area contributed by atoms with Crippen LogP contribution in [0.3, 0.4) is 0 Å². The lowest BCUT2D eigenvalue weighted by atomic mass is 9.90. The lowest BCUT2D eigenvalue weighted by molar-refractivity contribution is -0.123. The zero-order valence-electron chi connectivity index (χ0n) is 13.0. The highest BCUT2D eigenvalue weighted by molar-refractivity contribution is 6.30. The van der Waals surface area contributed by atoms with Gasteiger partial charge in [0.05, 0.1) is 6.07 Å². The number of rotatable bonds is 5. The van der Waals surface area contributed by atoms with E-state index in [4.69, 9.17) is 16.3 Å².